The Morgan fingerprint density at radius 3 is 2.75 bits per heavy atom. The van der Waals surface area contributed by atoms with E-state index in [0.29, 0.717) is 36.5 Å². The first-order chi connectivity index (χ1) is 25.2. The molecule has 3 heterocycles. The number of fused-ring (bicyclic) bond motifs is 6. The van der Waals surface area contributed by atoms with Crippen LogP contribution in [0.2, 0.25) is 0 Å². The molecule has 2 aromatic carbocycles. The number of amidine groups is 1. The highest BCUT2D eigenvalue weighted by Gasteiger charge is 2.34. The summed E-state index contributed by atoms with van der Waals surface area (Å²) in [5, 5.41) is 3.55. The molecule has 4 bridgehead atoms. The van der Waals surface area contributed by atoms with E-state index in [-0.39, 0.29) is 5.78 Å². The fourth-order valence-electron chi connectivity index (χ4n) is 6.98. The molecule has 52 heavy (non-hydrogen) atoms. The lowest BCUT2D eigenvalue weighted by Gasteiger charge is -2.37. The average molecular weight is 696 g/mol. The predicted molar refractivity (Wildman–Crippen MR) is 214 cm³/mol. The van der Waals surface area contributed by atoms with Crippen molar-refractivity contribution in [2.24, 2.45) is 16.8 Å². The van der Waals surface area contributed by atoms with Crippen molar-refractivity contribution in [1.82, 2.24) is 9.97 Å². The lowest BCUT2D eigenvalue weighted by molar-refractivity contribution is -0.115. The van der Waals surface area contributed by atoms with Crippen molar-refractivity contribution in [3.63, 3.8) is 0 Å². The van der Waals surface area contributed by atoms with Crippen LogP contribution in [0.1, 0.15) is 81.0 Å². The molecule has 0 amide bonds. The maximum Gasteiger partial charge on any atom is 0.155 e. The lowest BCUT2D eigenvalue weighted by atomic mass is 9.82. The normalized spacial score (nSPS) is 18.2. The van der Waals surface area contributed by atoms with E-state index < -0.39 is 0 Å². The molecule has 2 aliphatic heterocycles. The number of aromatic nitrogens is 2. The molecule has 8 nitrogen and oxygen atoms in total. The number of ketones is 1. The van der Waals surface area contributed by atoms with Gasteiger partial charge in [0, 0.05) is 49.0 Å². The van der Waals surface area contributed by atoms with Gasteiger partial charge in [0.1, 0.15) is 29.4 Å². The van der Waals surface area contributed by atoms with Crippen molar-refractivity contribution in [1.29, 1.82) is 0 Å². The van der Waals surface area contributed by atoms with Crippen molar-refractivity contribution in [2.45, 2.75) is 59.8 Å². The highest BCUT2D eigenvalue weighted by Crippen LogP contribution is 2.42. The Morgan fingerprint density at radius 2 is 1.96 bits per heavy atom. The summed E-state index contributed by atoms with van der Waals surface area (Å²) in [6.45, 7) is 18.9. The molecule has 0 saturated carbocycles. The van der Waals surface area contributed by atoms with Gasteiger partial charge in [-0.2, -0.15) is 0 Å². The van der Waals surface area contributed by atoms with Gasteiger partial charge in [0.25, 0.3) is 0 Å². The second kappa shape index (κ2) is 16.7. The number of benzene rings is 2. The van der Waals surface area contributed by atoms with Crippen LogP contribution in [-0.2, 0) is 4.79 Å². The number of ether oxygens (including phenoxy) is 2. The first kappa shape index (κ1) is 36.3. The van der Waals surface area contributed by atoms with Gasteiger partial charge in [-0.25, -0.2) is 15.0 Å². The van der Waals surface area contributed by atoms with Crippen molar-refractivity contribution in [2.75, 3.05) is 29.9 Å². The van der Waals surface area contributed by atoms with Crippen LogP contribution in [0.4, 0.5) is 11.4 Å². The molecule has 1 unspecified atom stereocenters. The quantitative estimate of drug-likeness (QED) is 0.0824. The number of carbonyl (C=O) groups excluding carboxylic acids is 1. The molecule has 1 aromatic heterocycles. The third kappa shape index (κ3) is 8.86. The number of aryl methyl sites for hydroxylation is 1. The second-order valence-corrected chi connectivity index (χ2v) is 13.9. The fourth-order valence-corrected chi connectivity index (χ4v) is 6.98. The molecule has 268 valence electrons. The SMILES string of the molecule is C=CN=C(Nc1ccc(OC2=Cc3cc(ncn3)C=C2)c(C)c1)c1cc2c(cc1C(=C)C)OC[C@H]1CN2CCC1CCC(=O)/C=C/CC/C(C)=C/C. The van der Waals surface area contributed by atoms with Gasteiger partial charge in [0.15, 0.2) is 5.78 Å². The van der Waals surface area contributed by atoms with E-state index in [1.54, 1.807) is 18.6 Å². The summed E-state index contributed by atoms with van der Waals surface area (Å²) >= 11 is 0. The maximum atomic E-state index is 12.7. The predicted octanol–water partition coefficient (Wildman–Crippen LogP) is 9.75. The minimum Gasteiger partial charge on any atom is -0.491 e. The number of nitrogens with zero attached hydrogens (tertiary/aromatic N) is 4. The van der Waals surface area contributed by atoms with Crippen molar-refractivity contribution in [3.8, 4) is 11.5 Å². The molecular weight excluding hydrogens is 647 g/mol. The first-order valence-electron chi connectivity index (χ1n) is 18.2. The largest absolute Gasteiger partial charge is 0.491 e. The summed E-state index contributed by atoms with van der Waals surface area (Å²) in [4.78, 5) is 28.4. The average Bonchev–Trinajstić information content (AvgIpc) is 3.37. The summed E-state index contributed by atoms with van der Waals surface area (Å²) < 4.78 is 12.8. The van der Waals surface area contributed by atoms with E-state index in [9.17, 15) is 4.79 Å². The van der Waals surface area contributed by atoms with Gasteiger partial charge in [0.2, 0.25) is 0 Å². The Labute approximate surface area is 308 Å². The summed E-state index contributed by atoms with van der Waals surface area (Å²) in [6, 6.07) is 12.2. The Kier molecular flexibility index (Phi) is 11.6. The van der Waals surface area contributed by atoms with Gasteiger partial charge < -0.3 is 19.7 Å². The van der Waals surface area contributed by atoms with Crippen LogP contribution < -0.4 is 19.7 Å². The Morgan fingerprint density at radius 1 is 1.12 bits per heavy atom. The van der Waals surface area contributed by atoms with Crippen LogP contribution >= 0.6 is 0 Å². The number of allylic oxidation sites excluding steroid dienone is 6. The molecule has 2 atom stereocenters. The number of nitrogens with one attached hydrogen (secondary N) is 1. The number of hydrogen-bond acceptors (Lipinski definition) is 7. The molecule has 6 rings (SSSR count). The van der Waals surface area contributed by atoms with Crippen LogP contribution in [0.15, 0.2) is 103 Å². The molecular formula is C44H49N5O3. The summed E-state index contributed by atoms with van der Waals surface area (Å²) in [5.74, 6) is 3.95. The minimum atomic E-state index is 0.216. The van der Waals surface area contributed by atoms with Gasteiger partial charge in [-0.1, -0.05) is 36.5 Å². The molecule has 1 fully saturated rings. The standard InChI is InChI=1S/C44H49N5O3/c1-7-30(5)11-9-10-12-37(50)16-13-32-19-20-49-26-33(32)27-51-43-25-39(29(3)4)40(24-41(43)49)44(45-8-2)48-35-15-18-42(31(6)21-35)52-38-17-14-34-22-36(23-38)47-28-46-34/h7-8,10,12,14-15,17-18,21-25,28,32-33H,2-3,9,11,13,16,19-20,26-27H2,1,4-6H3,(H,45,48)/b12-10+,30-7+/t32?,33-/m1/s1. The van der Waals surface area contributed by atoms with E-state index in [1.165, 1.54) is 5.57 Å². The summed E-state index contributed by atoms with van der Waals surface area (Å²) in [7, 11) is 0. The Hall–Kier alpha value is -5.50. The molecule has 3 aromatic rings. The first-order valence-corrected chi connectivity index (χ1v) is 18.2. The molecule has 0 radical (unpaired) electrons. The number of hydrogen-bond donors (Lipinski definition) is 1. The minimum absolute atomic E-state index is 0.216. The smallest absolute Gasteiger partial charge is 0.155 e. The molecule has 1 N–H and O–H groups in total. The molecule has 8 heteroatoms. The fraction of sp³-hybridized carbons (Fsp3) is 0.318. The van der Waals surface area contributed by atoms with E-state index in [0.717, 1.165) is 95.3 Å². The van der Waals surface area contributed by atoms with Crippen LogP contribution in [0, 0.1) is 18.8 Å². The van der Waals surface area contributed by atoms with E-state index in [2.05, 4.69) is 65.4 Å². The molecule has 1 aliphatic carbocycles. The number of rotatable bonds is 13. The van der Waals surface area contributed by atoms with E-state index in [4.69, 9.17) is 14.5 Å². The van der Waals surface area contributed by atoms with E-state index >= 15 is 0 Å². The lowest BCUT2D eigenvalue weighted by Crippen LogP contribution is -2.41. The second-order valence-electron chi connectivity index (χ2n) is 13.9. The van der Waals surface area contributed by atoms with Crippen molar-refractivity contribution in [3.05, 3.63) is 126 Å². The third-order valence-electron chi connectivity index (χ3n) is 10.1. The molecule has 1 saturated heterocycles. The van der Waals surface area contributed by atoms with Gasteiger partial charge in [-0.15, -0.1) is 0 Å². The van der Waals surface area contributed by atoms with Crippen LogP contribution in [0.3, 0.4) is 0 Å². The summed E-state index contributed by atoms with van der Waals surface area (Å²) in [6.07, 6.45) is 19.1. The van der Waals surface area contributed by atoms with Gasteiger partial charge in [0.05, 0.1) is 23.7 Å². The topological polar surface area (TPSA) is 88.9 Å². The zero-order valence-corrected chi connectivity index (χ0v) is 30.8. The maximum absolute atomic E-state index is 12.7. The van der Waals surface area contributed by atoms with Crippen LogP contribution in [-0.4, -0.2) is 41.3 Å². The van der Waals surface area contributed by atoms with Crippen molar-refractivity contribution < 1.29 is 14.3 Å². The van der Waals surface area contributed by atoms with Gasteiger partial charge >= 0.3 is 0 Å². The van der Waals surface area contributed by atoms with Crippen LogP contribution in [0.5, 0.6) is 11.5 Å². The monoisotopic (exact) mass is 695 g/mol. The summed E-state index contributed by atoms with van der Waals surface area (Å²) in [5.41, 5.74) is 8.65. The number of carbonyl (C=O) groups is 1. The van der Waals surface area contributed by atoms with E-state index in [1.807, 2.05) is 62.4 Å². The van der Waals surface area contributed by atoms with Gasteiger partial charge in [-0.05, 0) is 125 Å². The molecule has 0 spiro atoms. The van der Waals surface area contributed by atoms with Crippen LogP contribution in [0.25, 0.3) is 17.7 Å². The highest BCUT2D eigenvalue weighted by atomic mass is 16.5. The Balaban J connectivity index is 1.16. The zero-order chi connectivity index (χ0) is 36.6. The highest BCUT2D eigenvalue weighted by molar-refractivity contribution is 6.12. The number of aliphatic imine (C=N–C) groups is 1. The number of anilines is 2. The third-order valence-corrected chi connectivity index (χ3v) is 10.1. The molecule has 3 aliphatic rings. The zero-order valence-electron chi connectivity index (χ0n) is 30.8. The Bertz CT molecular complexity index is 2000. The number of piperidine rings is 1. The van der Waals surface area contributed by atoms with Gasteiger partial charge in [-0.3, -0.25) is 4.79 Å². The van der Waals surface area contributed by atoms with Crippen molar-refractivity contribution >= 4 is 40.7 Å².